The van der Waals surface area contributed by atoms with Crippen molar-refractivity contribution in [1.82, 2.24) is 9.80 Å². The fourth-order valence-electron chi connectivity index (χ4n) is 4.31. The van der Waals surface area contributed by atoms with E-state index in [9.17, 15) is 4.79 Å². The van der Waals surface area contributed by atoms with Gasteiger partial charge in [0.25, 0.3) is 5.91 Å². The molecule has 0 N–H and O–H groups in total. The summed E-state index contributed by atoms with van der Waals surface area (Å²) in [5.74, 6) is 1.04. The van der Waals surface area contributed by atoms with Crippen molar-refractivity contribution >= 4 is 11.6 Å². The van der Waals surface area contributed by atoms with Gasteiger partial charge in [-0.3, -0.25) is 9.69 Å². The van der Waals surface area contributed by atoms with E-state index >= 15 is 0 Å². The number of piperazine rings is 1. The Morgan fingerprint density at radius 1 is 1.06 bits per heavy atom. The van der Waals surface area contributed by atoms with Crippen LogP contribution in [0.4, 0.5) is 5.69 Å². The SMILES string of the molecule is CCCOc1ccc(N2CCN(CCN(C)C(=O)c3ccc4c(c3)CCOC4)CC2)cc1. The van der Waals surface area contributed by atoms with Gasteiger partial charge in [0.05, 0.1) is 19.8 Å². The first-order chi connectivity index (χ1) is 15.6. The number of ether oxygens (including phenoxy) is 2. The molecule has 1 saturated heterocycles. The summed E-state index contributed by atoms with van der Waals surface area (Å²) in [6.07, 6.45) is 1.91. The second-order valence-electron chi connectivity index (χ2n) is 8.68. The Kier molecular flexibility index (Phi) is 7.66. The molecule has 172 valence electrons. The minimum Gasteiger partial charge on any atom is -0.494 e. The molecule has 6 nitrogen and oxygen atoms in total. The Labute approximate surface area is 191 Å². The highest BCUT2D eigenvalue weighted by molar-refractivity contribution is 5.94. The van der Waals surface area contributed by atoms with Gasteiger partial charge in [0, 0.05) is 57.6 Å². The first-order valence-corrected chi connectivity index (χ1v) is 11.8. The molecule has 4 rings (SSSR count). The molecule has 0 unspecified atom stereocenters. The van der Waals surface area contributed by atoms with Gasteiger partial charge in [-0.15, -0.1) is 0 Å². The smallest absolute Gasteiger partial charge is 0.253 e. The van der Waals surface area contributed by atoms with Crippen molar-refractivity contribution in [2.45, 2.75) is 26.4 Å². The van der Waals surface area contributed by atoms with Crippen LogP contribution in [0.5, 0.6) is 5.75 Å². The molecule has 2 heterocycles. The highest BCUT2D eigenvalue weighted by atomic mass is 16.5. The maximum atomic E-state index is 12.9. The summed E-state index contributed by atoms with van der Waals surface area (Å²) in [7, 11) is 1.91. The molecule has 32 heavy (non-hydrogen) atoms. The molecule has 1 fully saturated rings. The van der Waals surface area contributed by atoms with Crippen LogP contribution in [0.25, 0.3) is 0 Å². The molecule has 1 amide bonds. The summed E-state index contributed by atoms with van der Waals surface area (Å²) in [4.78, 5) is 19.6. The minimum absolute atomic E-state index is 0.100. The van der Waals surface area contributed by atoms with Gasteiger partial charge in [-0.25, -0.2) is 0 Å². The summed E-state index contributed by atoms with van der Waals surface area (Å²) in [6, 6.07) is 14.4. The maximum Gasteiger partial charge on any atom is 0.253 e. The highest BCUT2D eigenvalue weighted by Gasteiger charge is 2.20. The summed E-state index contributed by atoms with van der Waals surface area (Å²) >= 11 is 0. The molecule has 2 aliphatic heterocycles. The van der Waals surface area contributed by atoms with Gasteiger partial charge in [-0.05, 0) is 60.4 Å². The number of benzene rings is 2. The van der Waals surface area contributed by atoms with Crippen molar-refractivity contribution in [1.29, 1.82) is 0 Å². The van der Waals surface area contributed by atoms with E-state index in [0.29, 0.717) is 6.61 Å². The normalized spacial score (nSPS) is 16.5. The molecule has 0 aromatic heterocycles. The lowest BCUT2D eigenvalue weighted by atomic mass is 10.00. The Hall–Kier alpha value is -2.57. The largest absolute Gasteiger partial charge is 0.494 e. The van der Waals surface area contributed by atoms with Gasteiger partial charge >= 0.3 is 0 Å². The predicted molar refractivity (Wildman–Crippen MR) is 128 cm³/mol. The Bertz CT molecular complexity index is 892. The zero-order valence-electron chi connectivity index (χ0n) is 19.4. The summed E-state index contributed by atoms with van der Waals surface area (Å²) in [5, 5.41) is 0. The maximum absolute atomic E-state index is 12.9. The number of carbonyl (C=O) groups is 1. The summed E-state index contributed by atoms with van der Waals surface area (Å²) in [6.45, 7) is 9.93. The average molecular weight is 438 g/mol. The third-order valence-corrected chi connectivity index (χ3v) is 6.37. The lowest BCUT2D eigenvalue weighted by Crippen LogP contribution is -2.48. The molecule has 2 aromatic carbocycles. The Morgan fingerprint density at radius 3 is 2.59 bits per heavy atom. The van der Waals surface area contributed by atoms with E-state index in [1.807, 2.05) is 30.1 Å². The van der Waals surface area contributed by atoms with Crippen LogP contribution >= 0.6 is 0 Å². The second kappa shape index (κ2) is 10.8. The molecule has 2 aliphatic rings. The molecule has 0 saturated carbocycles. The summed E-state index contributed by atoms with van der Waals surface area (Å²) in [5.41, 5.74) is 4.48. The van der Waals surface area contributed by atoms with Crippen molar-refractivity contribution in [3.05, 3.63) is 59.2 Å². The van der Waals surface area contributed by atoms with Crippen molar-refractivity contribution in [3.8, 4) is 5.75 Å². The number of hydrogen-bond donors (Lipinski definition) is 0. The van der Waals surface area contributed by atoms with Crippen LogP contribution in [0.3, 0.4) is 0 Å². The average Bonchev–Trinajstić information content (AvgIpc) is 2.86. The van der Waals surface area contributed by atoms with Crippen LogP contribution in [-0.4, -0.2) is 75.2 Å². The molecule has 0 spiro atoms. The molecule has 0 radical (unpaired) electrons. The predicted octanol–water partition coefficient (Wildman–Crippen LogP) is 3.44. The van der Waals surface area contributed by atoms with Gasteiger partial charge in [-0.2, -0.15) is 0 Å². The fraction of sp³-hybridized carbons (Fsp3) is 0.500. The van der Waals surface area contributed by atoms with Crippen molar-refractivity contribution in [2.24, 2.45) is 0 Å². The number of hydrogen-bond acceptors (Lipinski definition) is 5. The number of amides is 1. The number of carbonyl (C=O) groups excluding carboxylic acids is 1. The lowest BCUT2D eigenvalue weighted by molar-refractivity contribution is 0.0775. The van der Waals surface area contributed by atoms with E-state index in [4.69, 9.17) is 9.47 Å². The third-order valence-electron chi connectivity index (χ3n) is 6.37. The van der Waals surface area contributed by atoms with Crippen molar-refractivity contribution < 1.29 is 14.3 Å². The molecule has 0 aliphatic carbocycles. The molecule has 0 bridgehead atoms. The Morgan fingerprint density at radius 2 is 1.84 bits per heavy atom. The zero-order chi connectivity index (χ0) is 22.3. The molecule has 2 aromatic rings. The van der Waals surface area contributed by atoms with Crippen LogP contribution in [-0.2, 0) is 17.8 Å². The third kappa shape index (κ3) is 5.61. The van der Waals surface area contributed by atoms with Crippen LogP contribution in [0.1, 0.15) is 34.8 Å². The van der Waals surface area contributed by atoms with Gasteiger partial charge in [-0.1, -0.05) is 13.0 Å². The first-order valence-electron chi connectivity index (χ1n) is 11.8. The van der Waals surface area contributed by atoms with Crippen LogP contribution in [0.15, 0.2) is 42.5 Å². The minimum atomic E-state index is 0.100. The molecular formula is C26H35N3O3. The highest BCUT2D eigenvalue weighted by Crippen LogP contribution is 2.21. The standard InChI is InChI=1S/C26H35N3O3/c1-3-17-32-25-8-6-24(7-9-25)29-15-13-28(14-16-29)12-11-27(2)26(30)22-4-5-23-20-31-18-10-21(23)19-22/h4-9,19H,3,10-18,20H2,1-2H3. The van der Waals surface area contributed by atoms with Crippen molar-refractivity contribution in [2.75, 3.05) is 64.4 Å². The lowest BCUT2D eigenvalue weighted by Gasteiger charge is -2.36. The number of rotatable bonds is 8. The zero-order valence-corrected chi connectivity index (χ0v) is 19.4. The Balaban J connectivity index is 1.22. The quantitative estimate of drug-likeness (QED) is 0.633. The van der Waals surface area contributed by atoms with Crippen LogP contribution < -0.4 is 9.64 Å². The second-order valence-corrected chi connectivity index (χ2v) is 8.68. The molecule has 0 atom stereocenters. The molecule has 6 heteroatoms. The van der Waals surface area contributed by atoms with E-state index in [-0.39, 0.29) is 5.91 Å². The van der Waals surface area contributed by atoms with Gasteiger partial charge in [0.15, 0.2) is 0 Å². The van der Waals surface area contributed by atoms with Crippen LogP contribution in [0, 0.1) is 0 Å². The topological polar surface area (TPSA) is 45.2 Å². The van der Waals surface area contributed by atoms with E-state index < -0.39 is 0 Å². The molecular weight excluding hydrogens is 402 g/mol. The van der Waals surface area contributed by atoms with Gasteiger partial charge < -0.3 is 19.3 Å². The fourth-order valence-corrected chi connectivity index (χ4v) is 4.31. The van der Waals surface area contributed by atoms with Gasteiger partial charge in [0.2, 0.25) is 0 Å². The first kappa shape index (κ1) is 22.6. The van der Waals surface area contributed by atoms with E-state index in [1.54, 1.807) is 0 Å². The number of anilines is 1. The number of nitrogens with zero attached hydrogens (tertiary/aromatic N) is 3. The van der Waals surface area contributed by atoms with E-state index in [2.05, 4.69) is 41.0 Å². The van der Waals surface area contributed by atoms with E-state index in [0.717, 1.165) is 76.6 Å². The summed E-state index contributed by atoms with van der Waals surface area (Å²) < 4.78 is 11.2. The van der Waals surface area contributed by atoms with E-state index in [1.165, 1.54) is 16.8 Å². The monoisotopic (exact) mass is 437 g/mol. The number of fused-ring (bicyclic) bond motifs is 1. The van der Waals surface area contributed by atoms with Gasteiger partial charge in [0.1, 0.15) is 5.75 Å². The van der Waals surface area contributed by atoms with Crippen molar-refractivity contribution in [3.63, 3.8) is 0 Å². The van der Waals surface area contributed by atoms with Crippen LogP contribution in [0.2, 0.25) is 0 Å². The number of likely N-dealkylation sites (N-methyl/N-ethyl adjacent to an activating group) is 1.